The van der Waals surface area contributed by atoms with Gasteiger partial charge in [0.2, 0.25) is 0 Å². The molecule has 0 fully saturated rings. The van der Waals surface area contributed by atoms with E-state index in [2.05, 4.69) is 20.0 Å². The van der Waals surface area contributed by atoms with Gasteiger partial charge in [0.05, 0.1) is 28.5 Å². The zero-order valence-electron chi connectivity index (χ0n) is 17.9. The number of aromatic nitrogens is 2. The highest BCUT2D eigenvalue weighted by molar-refractivity contribution is 7.92. The Morgan fingerprint density at radius 1 is 0.909 bits per heavy atom. The summed E-state index contributed by atoms with van der Waals surface area (Å²) in [5.74, 6) is 0.111. The van der Waals surface area contributed by atoms with E-state index in [0.717, 1.165) is 12.1 Å². The Balaban J connectivity index is 1.72. The quantitative estimate of drug-likeness (QED) is 0.546. The van der Waals surface area contributed by atoms with Gasteiger partial charge in [-0.15, -0.1) is 0 Å². The standard InChI is InChI=1S/C22H21F3N4O3S/c1-21(2,3)20-26-12-17(13-27-20)28-19(30)14-7-9-18(10-8-14)33(31,32)29-16-6-4-5-15(11-16)22(23,24)25/h4-13,29H,1-3H3,(H,28,30). The fraction of sp³-hybridized carbons (Fsp3) is 0.227. The van der Waals surface area contributed by atoms with Crippen molar-refractivity contribution in [3.8, 4) is 0 Å². The average Bonchev–Trinajstić information content (AvgIpc) is 2.73. The Morgan fingerprint density at radius 2 is 1.52 bits per heavy atom. The number of carbonyl (C=O) groups is 1. The minimum atomic E-state index is -4.60. The molecule has 1 amide bonds. The molecule has 2 aromatic carbocycles. The van der Waals surface area contributed by atoms with Crippen LogP contribution in [-0.2, 0) is 21.6 Å². The van der Waals surface area contributed by atoms with Crippen molar-refractivity contribution in [1.29, 1.82) is 0 Å². The maximum atomic E-state index is 12.8. The molecule has 7 nitrogen and oxygen atoms in total. The minimum absolute atomic E-state index is 0.174. The van der Waals surface area contributed by atoms with Crippen molar-refractivity contribution in [2.75, 3.05) is 10.0 Å². The summed E-state index contributed by atoms with van der Waals surface area (Å²) in [7, 11) is -4.16. The van der Waals surface area contributed by atoms with Crippen molar-refractivity contribution in [2.45, 2.75) is 37.3 Å². The van der Waals surface area contributed by atoms with Gasteiger partial charge in [0.1, 0.15) is 5.82 Å². The van der Waals surface area contributed by atoms with Crippen LogP contribution in [0.25, 0.3) is 0 Å². The number of nitrogens with zero attached hydrogens (tertiary/aromatic N) is 2. The molecule has 0 aliphatic rings. The molecule has 0 aliphatic heterocycles. The second-order valence-corrected chi connectivity index (χ2v) is 9.89. The van der Waals surface area contributed by atoms with Crippen molar-refractivity contribution in [3.05, 3.63) is 77.9 Å². The van der Waals surface area contributed by atoms with E-state index in [0.29, 0.717) is 17.6 Å². The molecule has 0 atom stereocenters. The van der Waals surface area contributed by atoms with Crippen molar-refractivity contribution in [1.82, 2.24) is 9.97 Å². The highest BCUT2D eigenvalue weighted by Gasteiger charge is 2.30. The predicted octanol–water partition coefficient (Wildman–Crippen LogP) is 4.85. The Labute approximate surface area is 189 Å². The summed E-state index contributed by atoms with van der Waals surface area (Å²) in [6.07, 6.45) is -1.65. The van der Waals surface area contributed by atoms with E-state index in [1.807, 2.05) is 20.8 Å². The highest BCUT2D eigenvalue weighted by Crippen LogP contribution is 2.31. The largest absolute Gasteiger partial charge is 0.416 e. The van der Waals surface area contributed by atoms with E-state index >= 15 is 0 Å². The van der Waals surface area contributed by atoms with Crippen molar-refractivity contribution < 1.29 is 26.4 Å². The number of hydrogen-bond donors (Lipinski definition) is 2. The molecule has 1 heterocycles. The molecule has 1 aromatic heterocycles. The van der Waals surface area contributed by atoms with Crippen LogP contribution in [0.4, 0.5) is 24.5 Å². The molecular weight excluding hydrogens is 457 g/mol. The van der Waals surface area contributed by atoms with E-state index in [1.165, 1.54) is 42.7 Å². The van der Waals surface area contributed by atoms with Gasteiger partial charge in [-0.1, -0.05) is 26.8 Å². The van der Waals surface area contributed by atoms with Gasteiger partial charge in [0.25, 0.3) is 15.9 Å². The number of benzene rings is 2. The van der Waals surface area contributed by atoms with Crippen LogP contribution in [0, 0.1) is 0 Å². The van der Waals surface area contributed by atoms with E-state index in [4.69, 9.17) is 0 Å². The second-order valence-electron chi connectivity index (χ2n) is 8.21. The topological polar surface area (TPSA) is 101 Å². The van der Waals surface area contributed by atoms with Crippen LogP contribution in [0.5, 0.6) is 0 Å². The molecule has 0 radical (unpaired) electrons. The lowest BCUT2D eigenvalue weighted by molar-refractivity contribution is -0.137. The normalized spacial score (nSPS) is 12.3. The van der Waals surface area contributed by atoms with E-state index < -0.39 is 27.7 Å². The lowest BCUT2D eigenvalue weighted by Crippen LogP contribution is -2.17. The number of carbonyl (C=O) groups excluding carboxylic acids is 1. The lowest BCUT2D eigenvalue weighted by Gasteiger charge is -2.16. The van der Waals surface area contributed by atoms with Gasteiger partial charge in [-0.25, -0.2) is 18.4 Å². The Bertz CT molecular complexity index is 1250. The molecule has 2 N–H and O–H groups in total. The number of halogens is 3. The van der Waals surface area contributed by atoms with Crippen LogP contribution in [0.1, 0.15) is 42.5 Å². The SMILES string of the molecule is CC(C)(C)c1ncc(NC(=O)c2ccc(S(=O)(=O)Nc3cccc(C(F)(F)F)c3)cc2)cn1. The van der Waals surface area contributed by atoms with Gasteiger partial charge in [0.15, 0.2) is 0 Å². The van der Waals surface area contributed by atoms with E-state index in [-0.39, 0.29) is 21.6 Å². The molecule has 3 aromatic rings. The highest BCUT2D eigenvalue weighted by atomic mass is 32.2. The molecule has 0 bridgehead atoms. The maximum Gasteiger partial charge on any atom is 0.416 e. The van der Waals surface area contributed by atoms with Gasteiger partial charge in [-0.05, 0) is 42.5 Å². The Kier molecular flexibility index (Phi) is 6.46. The minimum Gasteiger partial charge on any atom is -0.319 e. The number of amides is 1. The fourth-order valence-electron chi connectivity index (χ4n) is 2.74. The third kappa shape index (κ3) is 6.07. The van der Waals surface area contributed by atoms with E-state index in [9.17, 15) is 26.4 Å². The molecule has 0 saturated heterocycles. The Morgan fingerprint density at radius 3 is 2.06 bits per heavy atom. The summed E-state index contributed by atoms with van der Waals surface area (Å²) in [6.45, 7) is 5.87. The molecule has 0 aliphatic carbocycles. The van der Waals surface area contributed by atoms with Crippen LogP contribution in [-0.4, -0.2) is 24.3 Å². The predicted molar refractivity (Wildman–Crippen MR) is 117 cm³/mol. The van der Waals surface area contributed by atoms with Crippen molar-refractivity contribution >= 4 is 27.3 Å². The van der Waals surface area contributed by atoms with E-state index in [1.54, 1.807) is 0 Å². The van der Waals surface area contributed by atoms with Crippen LogP contribution in [0.3, 0.4) is 0 Å². The van der Waals surface area contributed by atoms with Crippen molar-refractivity contribution in [2.24, 2.45) is 0 Å². The van der Waals surface area contributed by atoms with Gasteiger partial charge < -0.3 is 5.32 Å². The van der Waals surface area contributed by atoms with Crippen LogP contribution in [0.2, 0.25) is 0 Å². The number of sulfonamides is 1. The molecule has 3 rings (SSSR count). The summed E-state index contributed by atoms with van der Waals surface area (Å²) in [5, 5.41) is 2.62. The average molecular weight is 478 g/mol. The Hall–Kier alpha value is -3.47. The fourth-order valence-corrected chi connectivity index (χ4v) is 3.79. The summed E-state index contributed by atoms with van der Waals surface area (Å²) in [4.78, 5) is 20.7. The van der Waals surface area contributed by atoms with Gasteiger partial charge in [-0.2, -0.15) is 13.2 Å². The third-order valence-electron chi connectivity index (χ3n) is 4.45. The van der Waals surface area contributed by atoms with Gasteiger partial charge >= 0.3 is 6.18 Å². The molecule has 0 unspecified atom stereocenters. The monoisotopic (exact) mass is 478 g/mol. The zero-order valence-corrected chi connectivity index (χ0v) is 18.8. The zero-order chi connectivity index (χ0) is 24.4. The van der Waals surface area contributed by atoms with Crippen molar-refractivity contribution in [3.63, 3.8) is 0 Å². The van der Waals surface area contributed by atoms with Gasteiger partial charge in [-0.3, -0.25) is 9.52 Å². The third-order valence-corrected chi connectivity index (χ3v) is 5.85. The summed E-state index contributed by atoms with van der Waals surface area (Å²) in [6, 6.07) is 8.81. The first-order valence-electron chi connectivity index (χ1n) is 9.70. The van der Waals surface area contributed by atoms with Crippen LogP contribution in [0.15, 0.2) is 65.8 Å². The number of rotatable bonds is 5. The molecule has 33 heavy (non-hydrogen) atoms. The van der Waals surface area contributed by atoms with Crippen LogP contribution < -0.4 is 10.0 Å². The maximum absolute atomic E-state index is 12.8. The summed E-state index contributed by atoms with van der Waals surface area (Å²) >= 11 is 0. The number of hydrogen-bond acceptors (Lipinski definition) is 5. The number of anilines is 2. The number of nitrogens with one attached hydrogen (secondary N) is 2. The molecule has 0 spiro atoms. The number of alkyl halides is 3. The van der Waals surface area contributed by atoms with Gasteiger partial charge in [0, 0.05) is 16.7 Å². The molecule has 11 heteroatoms. The summed E-state index contributed by atoms with van der Waals surface area (Å²) in [5.41, 5.74) is -0.908. The first-order chi connectivity index (χ1) is 15.3. The first kappa shape index (κ1) is 24.2. The molecule has 174 valence electrons. The van der Waals surface area contributed by atoms with Crippen LogP contribution >= 0.6 is 0 Å². The molecule has 0 saturated carbocycles. The summed E-state index contributed by atoms with van der Waals surface area (Å²) < 4.78 is 65.7. The first-order valence-corrected chi connectivity index (χ1v) is 11.2. The second kappa shape index (κ2) is 8.81. The smallest absolute Gasteiger partial charge is 0.319 e. The molecular formula is C22H21F3N4O3S. The lowest BCUT2D eigenvalue weighted by atomic mass is 9.96.